The molecule has 22 heavy (non-hydrogen) atoms. The lowest BCUT2D eigenvalue weighted by molar-refractivity contribution is 0.102. The van der Waals surface area contributed by atoms with Gasteiger partial charge in [0.2, 0.25) is 0 Å². The van der Waals surface area contributed by atoms with Crippen molar-refractivity contribution in [3.8, 4) is 5.75 Å². The van der Waals surface area contributed by atoms with Crippen LogP contribution in [0.1, 0.15) is 10.4 Å². The van der Waals surface area contributed by atoms with E-state index in [-0.39, 0.29) is 17.3 Å². The SMILES string of the molecule is CNC(=O)Nc1ccc(NC(=O)c2cc(Cl)ccc2O)cc1. The molecule has 0 heterocycles. The van der Waals surface area contributed by atoms with Crippen molar-refractivity contribution in [2.75, 3.05) is 17.7 Å². The quantitative estimate of drug-likeness (QED) is 0.701. The Bertz CT molecular complexity index is 702. The normalized spacial score (nSPS) is 9.91. The maximum atomic E-state index is 12.1. The first kappa shape index (κ1) is 15.7. The van der Waals surface area contributed by atoms with E-state index >= 15 is 0 Å². The predicted molar refractivity (Wildman–Crippen MR) is 85.6 cm³/mol. The molecule has 0 saturated carbocycles. The average Bonchev–Trinajstić information content (AvgIpc) is 2.51. The number of rotatable bonds is 3. The molecule has 4 N–H and O–H groups in total. The highest BCUT2D eigenvalue weighted by atomic mass is 35.5. The van der Waals surface area contributed by atoms with Crippen molar-refractivity contribution in [1.29, 1.82) is 0 Å². The van der Waals surface area contributed by atoms with Gasteiger partial charge in [0.1, 0.15) is 5.75 Å². The third-order valence-electron chi connectivity index (χ3n) is 2.83. The zero-order chi connectivity index (χ0) is 16.1. The summed E-state index contributed by atoms with van der Waals surface area (Å²) in [6, 6.07) is 10.4. The molecule has 0 atom stereocenters. The third-order valence-corrected chi connectivity index (χ3v) is 3.07. The molecule has 114 valence electrons. The number of anilines is 2. The van der Waals surface area contributed by atoms with Crippen LogP contribution in [0.4, 0.5) is 16.2 Å². The Morgan fingerprint density at radius 1 is 1.00 bits per heavy atom. The molecule has 0 unspecified atom stereocenters. The summed E-state index contributed by atoms with van der Waals surface area (Å²) in [5.74, 6) is -0.633. The lowest BCUT2D eigenvalue weighted by Crippen LogP contribution is -2.24. The van der Waals surface area contributed by atoms with Gasteiger partial charge in [-0.05, 0) is 42.5 Å². The molecule has 0 aromatic heterocycles. The zero-order valence-corrected chi connectivity index (χ0v) is 12.4. The van der Waals surface area contributed by atoms with Gasteiger partial charge in [-0.15, -0.1) is 0 Å². The minimum absolute atomic E-state index is 0.0834. The predicted octanol–water partition coefficient (Wildman–Crippen LogP) is 3.05. The van der Waals surface area contributed by atoms with Crippen LogP contribution >= 0.6 is 11.6 Å². The minimum atomic E-state index is -0.480. The fraction of sp³-hybridized carbons (Fsp3) is 0.0667. The van der Waals surface area contributed by atoms with E-state index < -0.39 is 5.91 Å². The summed E-state index contributed by atoms with van der Waals surface area (Å²) in [7, 11) is 1.52. The second-order valence-electron chi connectivity index (χ2n) is 4.40. The highest BCUT2D eigenvalue weighted by Crippen LogP contribution is 2.23. The van der Waals surface area contributed by atoms with Crippen molar-refractivity contribution < 1.29 is 14.7 Å². The van der Waals surface area contributed by atoms with E-state index in [0.29, 0.717) is 16.4 Å². The Kier molecular flexibility index (Phi) is 4.85. The number of hydrogen-bond donors (Lipinski definition) is 4. The van der Waals surface area contributed by atoms with Crippen LogP contribution in [-0.2, 0) is 0 Å². The van der Waals surface area contributed by atoms with Crippen LogP contribution in [0.2, 0.25) is 5.02 Å². The van der Waals surface area contributed by atoms with Crippen molar-refractivity contribution in [1.82, 2.24) is 5.32 Å². The molecule has 0 saturated heterocycles. The molecule has 0 aliphatic rings. The van der Waals surface area contributed by atoms with Gasteiger partial charge in [0, 0.05) is 23.4 Å². The summed E-state index contributed by atoms with van der Waals surface area (Å²) in [5.41, 5.74) is 1.19. The van der Waals surface area contributed by atoms with E-state index in [1.54, 1.807) is 24.3 Å². The van der Waals surface area contributed by atoms with E-state index in [2.05, 4.69) is 16.0 Å². The average molecular weight is 320 g/mol. The maximum absolute atomic E-state index is 12.1. The van der Waals surface area contributed by atoms with Crippen molar-refractivity contribution in [2.24, 2.45) is 0 Å². The molecule has 7 heteroatoms. The van der Waals surface area contributed by atoms with Crippen LogP contribution in [0.3, 0.4) is 0 Å². The number of aromatic hydroxyl groups is 1. The van der Waals surface area contributed by atoms with Gasteiger partial charge in [-0.25, -0.2) is 4.79 Å². The minimum Gasteiger partial charge on any atom is -0.507 e. The summed E-state index contributed by atoms with van der Waals surface area (Å²) in [4.78, 5) is 23.3. The molecule has 2 aromatic carbocycles. The molecule has 0 radical (unpaired) electrons. The van der Waals surface area contributed by atoms with E-state index in [1.165, 1.54) is 25.2 Å². The van der Waals surface area contributed by atoms with Crippen LogP contribution in [-0.4, -0.2) is 24.1 Å². The number of amides is 3. The summed E-state index contributed by atoms with van der Waals surface area (Å²) in [5, 5.41) is 17.7. The number of benzene rings is 2. The van der Waals surface area contributed by atoms with Gasteiger partial charge in [0.15, 0.2) is 0 Å². The Balaban J connectivity index is 2.08. The first-order valence-electron chi connectivity index (χ1n) is 6.38. The van der Waals surface area contributed by atoms with Crippen LogP contribution in [0.25, 0.3) is 0 Å². The van der Waals surface area contributed by atoms with Crippen molar-refractivity contribution >= 4 is 34.9 Å². The number of phenolic OH excluding ortho intramolecular Hbond substituents is 1. The molecule has 0 aliphatic carbocycles. The van der Waals surface area contributed by atoms with Gasteiger partial charge < -0.3 is 21.1 Å². The molecule has 2 aromatic rings. The molecular weight excluding hydrogens is 306 g/mol. The Hall–Kier alpha value is -2.73. The maximum Gasteiger partial charge on any atom is 0.318 e. The summed E-state index contributed by atoms with van der Waals surface area (Å²) >= 11 is 5.81. The smallest absolute Gasteiger partial charge is 0.318 e. The summed E-state index contributed by atoms with van der Waals surface area (Å²) in [6.45, 7) is 0. The van der Waals surface area contributed by atoms with E-state index in [1.807, 2.05) is 0 Å². The lowest BCUT2D eigenvalue weighted by Gasteiger charge is -2.09. The number of phenols is 1. The van der Waals surface area contributed by atoms with Crippen LogP contribution in [0.15, 0.2) is 42.5 Å². The summed E-state index contributed by atoms with van der Waals surface area (Å²) < 4.78 is 0. The van der Waals surface area contributed by atoms with Gasteiger partial charge in [0.25, 0.3) is 5.91 Å². The van der Waals surface area contributed by atoms with Crippen LogP contribution in [0.5, 0.6) is 5.75 Å². The summed E-state index contributed by atoms with van der Waals surface area (Å²) in [6.07, 6.45) is 0. The Labute approximate surface area is 132 Å². The lowest BCUT2D eigenvalue weighted by atomic mass is 10.2. The number of hydrogen-bond acceptors (Lipinski definition) is 3. The first-order valence-corrected chi connectivity index (χ1v) is 6.76. The fourth-order valence-corrected chi connectivity index (χ4v) is 1.89. The molecule has 0 aliphatic heterocycles. The second-order valence-corrected chi connectivity index (χ2v) is 4.83. The van der Waals surface area contributed by atoms with Gasteiger partial charge in [0.05, 0.1) is 5.56 Å². The van der Waals surface area contributed by atoms with Gasteiger partial charge in [-0.1, -0.05) is 11.6 Å². The van der Waals surface area contributed by atoms with Crippen LogP contribution < -0.4 is 16.0 Å². The number of nitrogens with one attached hydrogen (secondary N) is 3. The number of carbonyl (C=O) groups is 2. The molecular formula is C15H14ClN3O3. The van der Waals surface area contributed by atoms with Gasteiger partial charge >= 0.3 is 6.03 Å². The largest absolute Gasteiger partial charge is 0.507 e. The van der Waals surface area contributed by atoms with Crippen molar-refractivity contribution in [3.63, 3.8) is 0 Å². The van der Waals surface area contributed by atoms with E-state index in [4.69, 9.17) is 11.6 Å². The van der Waals surface area contributed by atoms with Crippen molar-refractivity contribution in [2.45, 2.75) is 0 Å². The van der Waals surface area contributed by atoms with Crippen LogP contribution in [0, 0.1) is 0 Å². The molecule has 6 nitrogen and oxygen atoms in total. The number of halogens is 1. The first-order chi connectivity index (χ1) is 10.5. The van der Waals surface area contributed by atoms with Crippen molar-refractivity contribution in [3.05, 3.63) is 53.1 Å². The standard InChI is InChI=1S/C15H14ClN3O3/c1-17-15(22)19-11-5-3-10(4-6-11)18-14(21)12-8-9(16)2-7-13(12)20/h2-8,20H,1H3,(H,18,21)(H2,17,19,22). The fourth-order valence-electron chi connectivity index (χ4n) is 1.72. The molecule has 0 bridgehead atoms. The topological polar surface area (TPSA) is 90.5 Å². The highest BCUT2D eigenvalue weighted by Gasteiger charge is 2.12. The molecule has 0 spiro atoms. The Morgan fingerprint density at radius 2 is 1.59 bits per heavy atom. The van der Waals surface area contributed by atoms with E-state index in [0.717, 1.165) is 0 Å². The number of urea groups is 1. The molecule has 2 rings (SSSR count). The molecule has 3 amide bonds. The third kappa shape index (κ3) is 3.89. The molecule has 0 fully saturated rings. The Morgan fingerprint density at radius 3 is 2.18 bits per heavy atom. The number of carbonyl (C=O) groups excluding carboxylic acids is 2. The van der Waals surface area contributed by atoms with E-state index in [9.17, 15) is 14.7 Å². The monoisotopic (exact) mass is 319 g/mol. The highest BCUT2D eigenvalue weighted by molar-refractivity contribution is 6.31. The van der Waals surface area contributed by atoms with Gasteiger partial charge in [-0.2, -0.15) is 0 Å². The van der Waals surface area contributed by atoms with Gasteiger partial charge in [-0.3, -0.25) is 4.79 Å². The second kappa shape index (κ2) is 6.82. The zero-order valence-electron chi connectivity index (χ0n) is 11.7.